The summed E-state index contributed by atoms with van der Waals surface area (Å²) in [6, 6.07) is -0.941. The Morgan fingerprint density at radius 1 is 1.73 bits per heavy atom. The Labute approximate surface area is 69.7 Å². The molecule has 0 spiro atoms. The summed E-state index contributed by atoms with van der Waals surface area (Å²) in [5, 5.41) is 10.6. The van der Waals surface area contributed by atoms with Crippen molar-refractivity contribution < 1.29 is 14.7 Å². The number of hydrogen-bond donors (Lipinski definition) is 3. The van der Waals surface area contributed by atoms with Crippen LogP contribution in [0.25, 0.3) is 0 Å². The molecule has 0 fully saturated rings. The predicted molar refractivity (Wildman–Crippen MR) is 43.6 cm³/mol. The molecule has 0 aromatic rings. The van der Waals surface area contributed by atoms with Crippen LogP contribution >= 0.6 is 12.6 Å². The van der Waals surface area contributed by atoms with Crippen molar-refractivity contribution in [3.05, 3.63) is 12.7 Å². The Hall–Kier alpha value is -0.970. The molecule has 2 N–H and O–H groups in total. The third kappa shape index (κ3) is 3.67. The normalized spacial score (nSPS) is 11.7. The summed E-state index contributed by atoms with van der Waals surface area (Å²) in [7, 11) is 0. The molecule has 0 aromatic carbocycles. The number of thiol groups is 1. The molecule has 0 radical (unpaired) electrons. The molecule has 0 heterocycles. The number of aliphatic carboxylic acids is 1. The van der Waals surface area contributed by atoms with Crippen molar-refractivity contribution in [3.8, 4) is 0 Å². The van der Waals surface area contributed by atoms with E-state index in [2.05, 4.69) is 24.5 Å². The van der Waals surface area contributed by atoms with Gasteiger partial charge in [-0.1, -0.05) is 6.58 Å². The highest BCUT2D eigenvalue weighted by molar-refractivity contribution is 7.80. The molecule has 0 rings (SSSR count). The van der Waals surface area contributed by atoms with E-state index in [1.165, 1.54) is 0 Å². The summed E-state index contributed by atoms with van der Waals surface area (Å²) in [4.78, 5) is 20.8. The van der Waals surface area contributed by atoms with E-state index in [9.17, 15) is 9.59 Å². The minimum Gasteiger partial charge on any atom is -0.480 e. The Bertz CT molecular complexity index is 181. The molecular weight excluding hydrogens is 166 g/mol. The summed E-state index contributed by atoms with van der Waals surface area (Å²) >= 11 is 3.74. The fourth-order valence-electron chi connectivity index (χ4n) is 0.416. The van der Waals surface area contributed by atoms with E-state index in [1.54, 1.807) is 0 Å². The lowest BCUT2D eigenvalue weighted by Gasteiger charge is -2.08. The van der Waals surface area contributed by atoms with Crippen LogP contribution in [-0.2, 0) is 9.59 Å². The van der Waals surface area contributed by atoms with Crippen molar-refractivity contribution in [1.82, 2.24) is 5.32 Å². The average Bonchev–Trinajstić information content (AvgIpc) is 1.99. The van der Waals surface area contributed by atoms with Gasteiger partial charge in [0.2, 0.25) is 5.91 Å². The van der Waals surface area contributed by atoms with E-state index in [4.69, 9.17) is 5.11 Å². The van der Waals surface area contributed by atoms with Gasteiger partial charge < -0.3 is 10.4 Å². The standard InChI is InChI=1S/C6H9NO3S/c1-2-5(8)7-4(3-11)6(9)10/h2,4,11H,1,3H2,(H,7,8)(H,9,10)/t4-/m1/s1. The van der Waals surface area contributed by atoms with Gasteiger partial charge in [-0.15, -0.1) is 0 Å². The summed E-state index contributed by atoms with van der Waals surface area (Å²) < 4.78 is 0. The van der Waals surface area contributed by atoms with Crippen molar-refractivity contribution in [2.75, 3.05) is 5.75 Å². The molecule has 0 saturated heterocycles. The molecule has 0 saturated carbocycles. The molecule has 0 unspecified atom stereocenters. The number of carboxylic acids is 1. The zero-order valence-electron chi connectivity index (χ0n) is 5.78. The first-order valence-electron chi connectivity index (χ1n) is 2.88. The summed E-state index contributed by atoms with van der Waals surface area (Å²) in [5.74, 6) is -1.55. The van der Waals surface area contributed by atoms with E-state index in [0.29, 0.717) is 0 Å². The zero-order valence-corrected chi connectivity index (χ0v) is 6.67. The molecule has 11 heavy (non-hydrogen) atoms. The van der Waals surface area contributed by atoms with Crippen LogP contribution in [0.5, 0.6) is 0 Å². The summed E-state index contributed by atoms with van der Waals surface area (Å²) in [5.41, 5.74) is 0. The second kappa shape index (κ2) is 4.79. The number of carbonyl (C=O) groups excluding carboxylic acids is 1. The van der Waals surface area contributed by atoms with E-state index >= 15 is 0 Å². The van der Waals surface area contributed by atoms with Crippen LogP contribution < -0.4 is 5.32 Å². The van der Waals surface area contributed by atoms with Gasteiger partial charge in [0.1, 0.15) is 6.04 Å². The smallest absolute Gasteiger partial charge is 0.327 e. The molecule has 1 atom stereocenters. The Morgan fingerprint density at radius 3 is 2.55 bits per heavy atom. The number of amides is 1. The lowest BCUT2D eigenvalue weighted by atomic mass is 10.3. The lowest BCUT2D eigenvalue weighted by Crippen LogP contribution is -2.41. The third-order valence-corrected chi connectivity index (χ3v) is 1.35. The largest absolute Gasteiger partial charge is 0.480 e. The highest BCUT2D eigenvalue weighted by atomic mass is 32.1. The predicted octanol–water partition coefficient (Wildman–Crippen LogP) is -0.328. The maximum atomic E-state index is 10.6. The Balaban J connectivity index is 3.97. The minimum absolute atomic E-state index is 0.0644. The SMILES string of the molecule is C=CC(=O)N[C@H](CS)C(=O)O. The topological polar surface area (TPSA) is 66.4 Å². The summed E-state index contributed by atoms with van der Waals surface area (Å²) in [6.45, 7) is 3.18. The van der Waals surface area contributed by atoms with Gasteiger partial charge in [-0.2, -0.15) is 12.6 Å². The second-order valence-corrected chi connectivity index (χ2v) is 2.15. The maximum absolute atomic E-state index is 10.6. The van der Waals surface area contributed by atoms with Crippen molar-refractivity contribution in [3.63, 3.8) is 0 Å². The van der Waals surface area contributed by atoms with Crippen molar-refractivity contribution in [2.45, 2.75) is 6.04 Å². The van der Waals surface area contributed by atoms with Gasteiger partial charge in [0.25, 0.3) is 0 Å². The van der Waals surface area contributed by atoms with Crippen LogP contribution in [-0.4, -0.2) is 28.8 Å². The number of hydrogen-bond acceptors (Lipinski definition) is 3. The van der Waals surface area contributed by atoms with E-state index in [1.807, 2.05) is 0 Å². The number of carboxylic acid groups (broad SMARTS) is 1. The Morgan fingerprint density at radius 2 is 2.27 bits per heavy atom. The van der Waals surface area contributed by atoms with E-state index in [0.717, 1.165) is 6.08 Å². The zero-order chi connectivity index (χ0) is 8.85. The van der Waals surface area contributed by atoms with Crippen molar-refractivity contribution in [1.29, 1.82) is 0 Å². The van der Waals surface area contributed by atoms with Gasteiger partial charge >= 0.3 is 5.97 Å². The van der Waals surface area contributed by atoms with Gasteiger partial charge in [-0.05, 0) is 6.08 Å². The van der Waals surface area contributed by atoms with Crippen LogP contribution in [0, 0.1) is 0 Å². The lowest BCUT2D eigenvalue weighted by molar-refractivity contribution is -0.140. The molecule has 4 nitrogen and oxygen atoms in total. The minimum atomic E-state index is -1.10. The number of nitrogens with one attached hydrogen (secondary N) is 1. The van der Waals surface area contributed by atoms with Crippen LogP contribution in [0.15, 0.2) is 12.7 Å². The van der Waals surface area contributed by atoms with Crippen molar-refractivity contribution >= 4 is 24.5 Å². The first-order valence-corrected chi connectivity index (χ1v) is 3.51. The second-order valence-electron chi connectivity index (χ2n) is 1.79. The number of carbonyl (C=O) groups is 2. The molecule has 5 heteroatoms. The van der Waals surface area contributed by atoms with Crippen molar-refractivity contribution in [2.24, 2.45) is 0 Å². The molecular formula is C6H9NO3S. The Kier molecular flexibility index (Phi) is 4.36. The average molecular weight is 175 g/mol. The molecule has 62 valence electrons. The van der Waals surface area contributed by atoms with Gasteiger partial charge in [-0.25, -0.2) is 4.79 Å². The fraction of sp³-hybridized carbons (Fsp3) is 0.333. The highest BCUT2D eigenvalue weighted by Gasteiger charge is 2.15. The molecule has 1 amide bonds. The van der Waals surface area contributed by atoms with Crippen LogP contribution in [0.2, 0.25) is 0 Å². The molecule has 0 aliphatic carbocycles. The first kappa shape index (κ1) is 10.0. The molecule has 0 aliphatic rings. The highest BCUT2D eigenvalue weighted by Crippen LogP contribution is 1.87. The van der Waals surface area contributed by atoms with Gasteiger partial charge in [0.15, 0.2) is 0 Å². The maximum Gasteiger partial charge on any atom is 0.327 e. The van der Waals surface area contributed by atoms with Gasteiger partial charge in [0, 0.05) is 5.75 Å². The van der Waals surface area contributed by atoms with E-state index in [-0.39, 0.29) is 5.75 Å². The van der Waals surface area contributed by atoms with Crippen LogP contribution in [0.4, 0.5) is 0 Å². The monoisotopic (exact) mass is 175 g/mol. The van der Waals surface area contributed by atoms with Crippen LogP contribution in [0.3, 0.4) is 0 Å². The number of rotatable bonds is 4. The third-order valence-electron chi connectivity index (χ3n) is 0.983. The fourth-order valence-corrected chi connectivity index (χ4v) is 0.664. The quantitative estimate of drug-likeness (QED) is 0.405. The molecule has 0 bridgehead atoms. The molecule has 0 aromatic heterocycles. The first-order chi connectivity index (χ1) is 5.11. The van der Waals surface area contributed by atoms with Crippen LogP contribution in [0.1, 0.15) is 0 Å². The summed E-state index contributed by atoms with van der Waals surface area (Å²) in [6.07, 6.45) is 1.01. The van der Waals surface area contributed by atoms with Gasteiger partial charge in [0.05, 0.1) is 0 Å². The van der Waals surface area contributed by atoms with Gasteiger partial charge in [-0.3, -0.25) is 4.79 Å². The molecule has 0 aliphatic heterocycles. The van der Waals surface area contributed by atoms with E-state index < -0.39 is 17.9 Å².